The molecule has 8 unspecified atom stereocenters. The van der Waals surface area contributed by atoms with E-state index < -0.39 is 105 Å². The number of hydrogen-bond donors (Lipinski definition) is 13. The standard InChI is InChI=1S/C38H61N9O23P4S/c1-21(43-15-24-23(16-65-71(55,56)57)14-42-22(2)30(24)51)25(48)8-6-5-7-9-28(50)75-13-12-40-27(49)10-11-41-36(54)33(53)38(3,4)18-67-74(63,64)70-73(61,62)66-17-26-32(69-72(58,59)60)31(52)37(68-26)47-20-46-29-34(39)44-19-45-35(29)47/h14,19-21,26,31-33,37,43,51-53H,5-13,15-18H2,1-4H3,(H,40,49)(H,41,54)(H,61,62)(H,63,64)(H2,39,44,45)(H2,55,56,57)(H2,58,59,60). The molecule has 32 nitrogen and oxygen atoms in total. The van der Waals surface area contributed by atoms with E-state index in [1.54, 1.807) is 13.8 Å². The highest BCUT2D eigenvalue weighted by atomic mass is 32.2. The second kappa shape index (κ2) is 27.7. The molecule has 1 saturated heterocycles. The second-order valence-corrected chi connectivity index (χ2v) is 24.0. The number of unbranched alkanes of at least 4 members (excludes halogenated alkanes) is 2. The number of phosphoric acid groups is 4. The number of aryl methyl sites for hydroxylation is 1. The number of nitrogens with one attached hydrogen (secondary N) is 3. The van der Waals surface area contributed by atoms with E-state index in [4.69, 9.17) is 29.3 Å². The highest BCUT2D eigenvalue weighted by Crippen LogP contribution is 2.61. The van der Waals surface area contributed by atoms with E-state index in [9.17, 15) is 72.3 Å². The van der Waals surface area contributed by atoms with Gasteiger partial charge in [0.25, 0.3) is 0 Å². The lowest BCUT2D eigenvalue weighted by molar-refractivity contribution is -0.137. The van der Waals surface area contributed by atoms with Gasteiger partial charge in [-0.05, 0) is 26.7 Å². The summed E-state index contributed by atoms with van der Waals surface area (Å²) in [5.41, 5.74) is 4.98. The Balaban J connectivity index is 1.09. The lowest BCUT2D eigenvalue weighted by Gasteiger charge is -2.30. The van der Waals surface area contributed by atoms with Crippen LogP contribution in [0.3, 0.4) is 0 Å². The molecule has 0 aliphatic carbocycles. The number of anilines is 1. The van der Waals surface area contributed by atoms with Crippen molar-refractivity contribution in [2.45, 2.75) is 116 Å². The number of pyridine rings is 1. The first-order valence-electron chi connectivity index (χ1n) is 22.5. The van der Waals surface area contributed by atoms with Gasteiger partial charge in [-0.25, -0.2) is 33.2 Å². The van der Waals surface area contributed by atoms with Gasteiger partial charge in [-0.1, -0.05) is 32.0 Å². The molecule has 3 aromatic heterocycles. The molecule has 4 rings (SSSR count). The van der Waals surface area contributed by atoms with Crippen LogP contribution in [0.4, 0.5) is 5.82 Å². The Labute approximate surface area is 431 Å². The smallest absolute Gasteiger partial charge is 0.481 e. The van der Waals surface area contributed by atoms with Gasteiger partial charge >= 0.3 is 31.3 Å². The summed E-state index contributed by atoms with van der Waals surface area (Å²) in [6.07, 6.45) is -3.82. The molecule has 3 aromatic rings. The summed E-state index contributed by atoms with van der Waals surface area (Å²) in [7, 11) is -21.3. The van der Waals surface area contributed by atoms with Gasteiger partial charge in [0.1, 0.15) is 47.8 Å². The zero-order chi connectivity index (χ0) is 56.1. The molecule has 422 valence electrons. The quantitative estimate of drug-likeness (QED) is 0.0297. The number of Topliss-reactive ketones (excluding diaryl/α,β-unsaturated/α-hetero) is 1. The molecule has 0 aromatic carbocycles. The van der Waals surface area contributed by atoms with E-state index in [1.165, 1.54) is 20.0 Å². The molecule has 75 heavy (non-hydrogen) atoms. The number of ketones is 1. The van der Waals surface area contributed by atoms with Crippen LogP contribution in [0.2, 0.25) is 0 Å². The Morgan fingerprint density at radius 3 is 2.27 bits per heavy atom. The van der Waals surface area contributed by atoms with E-state index in [-0.39, 0.29) is 95.1 Å². The highest BCUT2D eigenvalue weighted by molar-refractivity contribution is 8.13. The number of thioether (sulfide) groups is 1. The summed E-state index contributed by atoms with van der Waals surface area (Å²) in [6, 6.07) is -0.625. The zero-order valence-corrected chi connectivity index (χ0v) is 45.0. The first-order valence-corrected chi connectivity index (χ1v) is 29.5. The minimum absolute atomic E-state index is 0.00247. The molecule has 8 atom stereocenters. The molecule has 4 heterocycles. The van der Waals surface area contributed by atoms with Gasteiger partial charge in [-0.15, -0.1) is 0 Å². The summed E-state index contributed by atoms with van der Waals surface area (Å²) < 4.78 is 78.1. The molecule has 2 amide bonds. The number of aromatic nitrogens is 5. The van der Waals surface area contributed by atoms with Gasteiger partial charge in [-0.3, -0.25) is 46.8 Å². The second-order valence-electron chi connectivity index (χ2n) is 17.4. The van der Waals surface area contributed by atoms with Crippen molar-refractivity contribution >= 4 is 82.7 Å². The topological polar surface area (TPSA) is 493 Å². The normalized spacial score (nSPS) is 19.8. The number of phosphoric ester groups is 4. The number of nitrogens with zero attached hydrogens (tertiary/aromatic N) is 5. The van der Waals surface area contributed by atoms with Gasteiger partial charge in [0, 0.05) is 67.4 Å². The molecule has 0 bridgehead atoms. The third-order valence-corrected chi connectivity index (χ3v) is 15.5. The summed E-state index contributed by atoms with van der Waals surface area (Å²) in [6.45, 7) is 2.88. The monoisotopic (exact) mass is 1170 g/mol. The van der Waals surface area contributed by atoms with Crippen LogP contribution >= 0.6 is 43.1 Å². The predicted molar refractivity (Wildman–Crippen MR) is 259 cm³/mol. The molecule has 37 heteroatoms. The Morgan fingerprint density at radius 2 is 1.59 bits per heavy atom. The number of nitrogens with two attached hydrogens (primary N) is 1. The molecule has 14 N–H and O–H groups in total. The Morgan fingerprint density at radius 1 is 0.907 bits per heavy atom. The van der Waals surface area contributed by atoms with Gasteiger partial charge in [-0.2, -0.15) is 4.31 Å². The summed E-state index contributed by atoms with van der Waals surface area (Å²) in [5.74, 6) is -1.66. The molecule has 1 aliphatic rings. The lowest BCUT2D eigenvalue weighted by atomic mass is 9.87. The molecule has 1 aliphatic heterocycles. The van der Waals surface area contributed by atoms with Crippen molar-refractivity contribution in [2.24, 2.45) is 5.41 Å². The fourth-order valence-electron chi connectivity index (χ4n) is 6.86. The molecule has 0 radical (unpaired) electrons. The van der Waals surface area contributed by atoms with Gasteiger partial charge in [0.05, 0.1) is 37.9 Å². The number of amides is 2. The van der Waals surface area contributed by atoms with Crippen LogP contribution in [0.1, 0.15) is 82.3 Å². The van der Waals surface area contributed by atoms with Crippen LogP contribution in [0.25, 0.3) is 11.2 Å². The first kappa shape index (κ1) is 63.8. The number of carbonyl (C=O) groups excluding carboxylic acids is 4. The van der Waals surface area contributed by atoms with Crippen molar-refractivity contribution in [2.75, 3.05) is 37.8 Å². The Hall–Kier alpha value is -3.75. The third kappa shape index (κ3) is 20.5. The number of aromatic hydroxyl groups is 1. The SMILES string of the molecule is Cc1ncc(COP(=O)(O)O)c(CNC(C)C(=O)CCCCCC(=O)SCCNC(=O)CCNC(=O)C(O)C(C)(C)COP(=O)(O)OP(=O)(O)OCC2OC(n3cnc4c(N)ncnc43)C(O)C2OP(=O)(O)O)c1O. The van der Waals surface area contributed by atoms with Crippen molar-refractivity contribution in [1.82, 2.24) is 40.5 Å². The van der Waals surface area contributed by atoms with E-state index in [2.05, 4.69) is 49.2 Å². The molecule has 0 spiro atoms. The van der Waals surface area contributed by atoms with Crippen molar-refractivity contribution in [3.63, 3.8) is 0 Å². The number of imidazole rings is 1. The van der Waals surface area contributed by atoms with Gasteiger partial charge in [0.2, 0.25) is 11.8 Å². The highest BCUT2D eigenvalue weighted by Gasteiger charge is 2.50. The van der Waals surface area contributed by atoms with Crippen LogP contribution < -0.4 is 21.7 Å². The number of fused-ring (bicyclic) bond motifs is 1. The predicted octanol–water partition coefficient (Wildman–Crippen LogP) is 0.381. The minimum Gasteiger partial charge on any atom is -0.506 e. The van der Waals surface area contributed by atoms with Crippen molar-refractivity contribution in [3.8, 4) is 5.75 Å². The van der Waals surface area contributed by atoms with Crippen molar-refractivity contribution < 1.29 is 109 Å². The molecule has 1 fully saturated rings. The number of rotatable bonds is 32. The van der Waals surface area contributed by atoms with Crippen LogP contribution in [-0.2, 0) is 77.7 Å². The minimum atomic E-state index is -5.62. The number of carbonyl (C=O) groups is 4. The number of aliphatic hydroxyl groups excluding tert-OH is 2. The van der Waals surface area contributed by atoms with Crippen LogP contribution in [-0.4, -0.2) is 154 Å². The summed E-state index contributed by atoms with van der Waals surface area (Å²) in [4.78, 5) is 123. The maximum Gasteiger partial charge on any atom is 0.481 e. The molecular formula is C38H61N9O23P4S. The maximum absolute atomic E-state index is 12.8. The van der Waals surface area contributed by atoms with E-state index >= 15 is 0 Å². The zero-order valence-electron chi connectivity index (χ0n) is 40.6. The molecular weight excluding hydrogens is 1110 g/mol. The van der Waals surface area contributed by atoms with Gasteiger partial charge < -0.3 is 71.1 Å². The third-order valence-electron chi connectivity index (χ3n) is 11.0. The molecule has 0 saturated carbocycles. The van der Waals surface area contributed by atoms with Crippen LogP contribution in [0.5, 0.6) is 5.75 Å². The summed E-state index contributed by atoms with van der Waals surface area (Å²) in [5, 5.41) is 39.8. The van der Waals surface area contributed by atoms with E-state index in [1.807, 2.05) is 0 Å². The van der Waals surface area contributed by atoms with Crippen molar-refractivity contribution in [1.29, 1.82) is 0 Å². The Kier molecular flexibility index (Phi) is 23.6. The van der Waals surface area contributed by atoms with Crippen LogP contribution in [0.15, 0.2) is 18.9 Å². The maximum atomic E-state index is 12.8. The largest absolute Gasteiger partial charge is 0.506 e. The average molecular weight is 1170 g/mol. The van der Waals surface area contributed by atoms with E-state index in [0.717, 1.165) is 29.0 Å². The number of ether oxygens (including phenoxy) is 1. The fourth-order valence-corrected chi connectivity index (χ4v) is 10.7. The van der Waals surface area contributed by atoms with Crippen molar-refractivity contribution in [3.05, 3.63) is 35.7 Å². The first-order chi connectivity index (χ1) is 34.8. The number of aliphatic hydroxyl groups is 2. The van der Waals surface area contributed by atoms with Crippen LogP contribution in [0, 0.1) is 12.3 Å². The average Bonchev–Trinajstić information content (AvgIpc) is 3.87. The van der Waals surface area contributed by atoms with Gasteiger partial charge in [0.15, 0.2) is 22.8 Å². The Bertz CT molecular complexity index is 2680. The number of nitrogen functional groups attached to an aromatic ring is 1. The summed E-state index contributed by atoms with van der Waals surface area (Å²) >= 11 is 0.998. The fraction of sp³-hybridized carbons (Fsp3) is 0.632. The lowest BCUT2D eigenvalue weighted by Crippen LogP contribution is -2.46. The van der Waals surface area contributed by atoms with E-state index in [0.29, 0.717) is 19.3 Å². The number of hydrogen-bond acceptors (Lipinski definition) is 24.